The normalized spacial score (nSPS) is 16.2. The van der Waals surface area contributed by atoms with E-state index in [9.17, 15) is 4.39 Å². The minimum absolute atomic E-state index is 0.0385. The molecule has 0 fully saturated rings. The standard InChI is InChI=1S/C21H20FN3S/c1-15-5-2-3-6-18(15)23-21(26)25-14-13-24-12-4-7-19(24)20(25)16-8-10-17(22)11-9-16/h2-12,20H,13-14H2,1H3,(H,23,26)/t20-/m0/s1. The molecule has 0 aliphatic carbocycles. The number of nitrogens with zero attached hydrogens (tertiary/aromatic N) is 2. The van der Waals surface area contributed by atoms with Crippen molar-refractivity contribution in [3.63, 3.8) is 0 Å². The summed E-state index contributed by atoms with van der Waals surface area (Å²) in [5, 5.41) is 4.07. The Labute approximate surface area is 158 Å². The number of anilines is 1. The van der Waals surface area contributed by atoms with Crippen LogP contribution in [0.5, 0.6) is 0 Å². The molecule has 0 unspecified atom stereocenters. The third kappa shape index (κ3) is 3.10. The van der Waals surface area contributed by atoms with Gasteiger partial charge in [-0.3, -0.25) is 0 Å². The number of fused-ring (bicyclic) bond motifs is 1. The first-order valence-corrected chi connectivity index (χ1v) is 9.08. The van der Waals surface area contributed by atoms with Crippen LogP contribution in [-0.4, -0.2) is 21.1 Å². The average Bonchev–Trinajstić information content (AvgIpc) is 3.12. The van der Waals surface area contributed by atoms with Crippen LogP contribution in [0.1, 0.15) is 22.9 Å². The molecule has 5 heteroatoms. The fourth-order valence-electron chi connectivity index (χ4n) is 3.50. The lowest BCUT2D eigenvalue weighted by Crippen LogP contribution is -2.44. The summed E-state index contributed by atoms with van der Waals surface area (Å²) in [6.45, 7) is 3.72. The third-order valence-corrected chi connectivity index (χ3v) is 5.21. The maximum atomic E-state index is 13.4. The summed E-state index contributed by atoms with van der Waals surface area (Å²) >= 11 is 5.75. The van der Waals surface area contributed by atoms with Crippen molar-refractivity contribution in [1.29, 1.82) is 0 Å². The molecule has 0 spiro atoms. The van der Waals surface area contributed by atoms with E-state index in [-0.39, 0.29) is 11.9 Å². The van der Waals surface area contributed by atoms with Crippen LogP contribution < -0.4 is 5.32 Å². The van der Waals surface area contributed by atoms with Gasteiger partial charge < -0.3 is 14.8 Å². The largest absolute Gasteiger partial charge is 0.348 e. The molecule has 0 radical (unpaired) electrons. The Morgan fingerprint density at radius 2 is 1.81 bits per heavy atom. The molecule has 4 rings (SSSR count). The number of nitrogens with one attached hydrogen (secondary N) is 1. The highest BCUT2D eigenvalue weighted by molar-refractivity contribution is 7.80. The molecular weight excluding hydrogens is 345 g/mol. The first-order valence-electron chi connectivity index (χ1n) is 8.67. The summed E-state index contributed by atoms with van der Waals surface area (Å²) in [4.78, 5) is 2.18. The highest BCUT2D eigenvalue weighted by Crippen LogP contribution is 2.33. The van der Waals surface area contributed by atoms with E-state index < -0.39 is 0 Å². The molecule has 132 valence electrons. The van der Waals surface area contributed by atoms with Crippen LogP contribution in [0.4, 0.5) is 10.1 Å². The van der Waals surface area contributed by atoms with Crippen molar-refractivity contribution < 1.29 is 4.39 Å². The molecule has 1 aliphatic heterocycles. The Bertz CT molecular complexity index is 932. The molecule has 2 aromatic carbocycles. The van der Waals surface area contributed by atoms with Crippen molar-refractivity contribution in [3.05, 3.63) is 89.5 Å². The number of benzene rings is 2. The zero-order valence-corrected chi connectivity index (χ0v) is 15.3. The van der Waals surface area contributed by atoms with Crippen LogP contribution in [0, 0.1) is 12.7 Å². The van der Waals surface area contributed by atoms with E-state index in [4.69, 9.17) is 12.2 Å². The Balaban J connectivity index is 1.68. The monoisotopic (exact) mass is 365 g/mol. The van der Waals surface area contributed by atoms with E-state index in [2.05, 4.69) is 40.0 Å². The van der Waals surface area contributed by atoms with Crippen molar-refractivity contribution in [3.8, 4) is 0 Å². The van der Waals surface area contributed by atoms with Gasteiger partial charge in [-0.15, -0.1) is 0 Å². The molecule has 0 bridgehead atoms. The highest BCUT2D eigenvalue weighted by atomic mass is 32.1. The van der Waals surface area contributed by atoms with Crippen LogP contribution in [0.2, 0.25) is 0 Å². The summed E-state index contributed by atoms with van der Waals surface area (Å²) in [5.74, 6) is -0.230. The smallest absolute Gasteiger partial charge is 0.174 e. The van der Waals surface area contributed by atoms with Gasteiger partial charge in [-0.1, -0.05) is 30.3 Å². The molecule has 0 saturated carbocycles. The lowest BCUT2D eigenvalue weighted by atomic mass is 10.0. The minimum Gasteiger partial charge on any atom is -0.348 e. The van der Waals surface area contributed by atoms with E-state index in [1.165, 1.54) is 12.1 Å². The first-order chi connectivity index (χ1) is 12.6. The van der Waals surface area contributed by atoms with Crippen molar-refractivity contribution in [1.82, 2.24) is 9.47 Å². The first kappa shape index (κ1) is 16.8. The summed E-state index contributed by atoms with van der Waals surface area (Å²) in [6.07, 6.45) is 2.08. The predicted molar refractivity (Wildman–Crippen MR) is 107 cm³/mol. The van der Waals surface area contributed by atoms with Gasteiger partial charge in [-0.2, -0.15) is 0 Å². The van der Waals surface area contributed by atoms with Crippen LogP contribution in [0.15, 0.2) is 66.9 Å². The molecule has 3 nitrogen and oxygen atoms in total. The van der Waals surface area contributed by atoms with Crippen LogP contribution in [0.3, 0.4) is 0 Å². The summed E-state index contributed by atoms with van der Waals surface area (Å²) < 4.78 is 15.7. The molecule has 1 aromatic heterocycles. The number of para-hydroxylation sites is 1. The molecule has 3 aromatic rings. The third-order valence-electron chi connectivity index (χ3n) is 4.87. The molecule has 0 saturated heterocycles. The number of hydrogen-bond donors (Lipinski definition) is 1. The lowest BCUT2D eigenvalue weighted by molar-refractivity contribution is 0.293. The van der Waals surface area contributed by atoms with Crippen molar-refractivity contribution in [2.75, 3.05) is 11.9 Å². The van der Waals surface area contributed by atoms with Gasteiger partial charge in [0.05, 0.1) is 6.04 Å². The van der Waals surface area contributed by atoms with E-state index in [0.717, 1.165) is 35.6 Å². The Kier molecular flexibility index (Phi) is 4.47. The molecule has 0 amide bonds. The molecule has 1 atom stereocenters. The van der Waals surface area contributed by atoms with Crippen LogP contribution in [0.25, 0.3) is 0 Å². The lowest BCUT2D eigenvalue weighted by Gasteiger charge is -2.39. The number of aryl methyl sites for hydroxylation is 1. The Morgan fingerprint density at radius 3 is 2.58 bits per heavy atom. The SMILES string of the molecule is Cc1ccccc1NC(=S)N1CCn2cccc2[C@@H]1c1ccc(F)cc1. The molecular formula is C21H20FN3S. The number of halogens is 1. The van der Waals surface area contributed by atoms with E-state index in [1.807, 2.05) is 36.4 Å². The van der Waals surface area contributed by atoms with Gasteiger partial charge in [0.1, 0.15) is 5.82 Å². The zero-order valence-electron chi connectivity index (χ0n) is 14.5. The average molecular weight is 365 g/mol. The minimum atomic E-state index is -0.230. The van der Waals surface area contributed by atoms with Gasteiger partial charge in [0, 0.05) is 30.7 Å². The van der Waals surface area contributed by atoms with Gasteiger partial charge in [0.25, 0.3) is 0 Å². The van der Waals surface area contributed by atoms with E-state index in [0.29, 0.717) is 5.11 Å². The van der Waals surface area contributed by atoms with Gasteiger partial charge in [-0.05, 0) is 60.6 Å². The number of hydrogen-bond acceptors (Lipinski definition) is 1. The van der Waals surface area contributed by atoms with Crippen molar-refractivity contribution in [2.45, 2.75) is 19.5 Å². The fraction of sp³-hybridized carbons (Fsp3) is 0.190. The second kappa shape index (κ2) is 6.92. The van der Waals surface area contributed by atoms with Gasteiger partial charge in [0.15, 0.2) is 5.11 Å². The molecule has 2 heterocycles. The quantitative estimate of drug-likeness (QED) is 0.663. The summed E-state index contributed by atoms with van der Waals surface area (Å²) in [5.41, 5.74) is 4.35. The number of aromatic nitrogens is 1. The predicted octanol–water partition coefficient (Wildman–Crippen LogP) is 4.74. The van der Waals surface area contributed by atoms with Gasteiger partial charge >= 0.3 is 0 Å². The topological polar surface area (TPSA) is 20.2 Å². The number of thiocarbonyl (C=S) groups is 1. The summed E-state index contributed by atoms with van der Waals surface area (Å²) in [7, 11) is 0. The molecule has 26 heavy (non-hydrogen) atoms. The van der Waals surface area contributed by atoms with E-state index >= 15 is 0 Å². The summed E-state index contributed by atoms with van der Waals surface area (Å²) in [6, 6.07) is 18.9. The van der Waals surface area contributed by atoms with Crippen LogP contribution in [-0.2, 0) is 6.54 Å². The second-order valence-corrected chi connectivity index (χ2v) is 6.91. The highest BCUT2D eigenvalue weighted by Gasteiger charge is 2.30. The van der Waals surface area contributed by atoms with Gasteiger partial charge in [0.2, 0.25) is 0 Å². The maximum absolute atomic E-state index is 13.4. The van der Waals surface area contributed by atoms with Gasteiger partial charge in [-0.25, -0.2) is 4.39 Å². The Morgan fingerprint density at radius 1 is 1.04 bits per heavy atom. The molecule has 1 aliphatic rings. The van der Waals surface area contributed by atoms with E-state index in [1.54, 1.807) is 0 Å². The van der Waals surface area contributed by atoms with Crippen LogP contribution >= 0.6 is 12.2 Å². The fourth-order valence-corrected chi connectivity index (χ4v) is 3.80. The second-order valence-electron chi connectivity index (χ2n) is 6.52. The number of rotatable bonds is 2. The van der Waals surface area contributed by atoms with Crippen molar-refractivity contribution in [2.24, 2.45) is 0 Å². The van der Waals surface area contributed by atoms with Crippen molar-refractivity contribution >= 4 is 23.0 Å². The Hall–Kier alpha value is -2.66. The molecule has 1 N–H and O–H groups in total. The maximum Gasteiger partial charge on any atom is 0.174 e. The zero-order chi connectivity index (χ0) is 18.1.